The second-order valence-corrected chi connectivity index (χ2v) is 9.66. The number of nitrogens with zero attached hydrogens (tertiary/aromatic N) is 3. The fraction of sp³-hybridized carbons (Fsp3) is 0.308. The minimum Gasteiger partial charge on any atom is -0.497 e. The van der Waals surface area contributed by atoms with Gasteiger partial charge in [-0.3, -0.25) is 14.6 Å². The number of hydrogen-bond donors (Lipinski definition) is 0. The van der Waals surface area contributed by atoms with Crippen molar-refractivity contribution in [3.8, 4) is 17.0 Å². The van der Waals surface area contributed by atoms with Gasteiger partial charge in [-0.15, -0.1) is 11.3 Å². The molecule has 1 aromatic heterocycles. The van der Waals surface area contributed by atoms with Gasteiger partial charge in [-0.25, -0.2) is 9.37 Å². The summed E-state index contributed by atoms with van der Waals surface area (Å²) in [5.74, 6) is 0.423. The van der Waals surface area contributed by atoms with Gasteiger partial charge in [0.25, 0.3) is 5.91 Å². The van der Waals surface area contributed by atoms with Crippen molar-refractivity contribution in [2.24, 2.45) is 0 Å². The molecular weight excluding hydrogens is 437 g/mol. The summed E-state index contributed by atoms with van der Waals surface area (Å²) in [5, 5.41) is 3.17. The Labute approximate surface area is 197 Å². The number of hydrogen-bond acceptors (Lipinski definition) is 5. The van der Waals surface area contributed by atoms with Gasteiger partial charge in [0.05, 0.1) is 24.9 Å². The van der Waals surface area contributed by atoms with Crippen molar-refractivity contribution in [3.63, 3.8) is 0 Å². The van der Waals surface area contributed by atoms with E-state index in [9.17, 15) is 9.18 Å². The largest absolute Gasteiger partial charge is 0.497 e. The van der Waals surface area contributed by atoms with E-state index < -0.39 is 5.54 Å². The molecule has 1 amide bonds. The zero-order valence-corrected chi connectivity index (χ0v) is 19.5. The van der Waals surface area contributed by atoms with Crippen LogP contribution in [0.2, 0.25) is 0 Å². The highest BCUT2D eigenvalue weighted by molar-refractivity contribution is 7.09. The summed E-state index contributed by atoms with van der Waals surface area (Å²) in [4.78, 5) is 21.7. The van der Waals surface area contributed by atoms with Gasteiger partial charge < -0.3 is 4.74 Å². The number of carbonyl (C=O) groups excluding carboxylic acids is 1. The molecule has 0 bridgehead atoms. The van der Waals surface area contributed by atoms with E-state index in [1.807, 2.05) is 36.4 Å². The number of aromatic nitrogens is 1. The Morgan fingerprint density at radius 1 is 1.24 bits per heavy atom. The number of thiazole rings is 1. The lowest BCUT2D eigenvalue weighted by atomic mass is 9.83. The summed E-state index contributed by atoms with van der Waals surface area (Å²) in [5.41, 5.74) is 2.26. The lowest BCUT2D eigenvalue weighted by Crippen LogP contribution is -2.56. The van der Waals surface area contributed by atoms with Crippen molar-refractivity contribution in [1.29, 1.82) is 0 Å². The summed E-state index contributed by atoms with van der Waals surface area (Å²) < 4.78 is 19.1. The molecule has 0 saturated carbocycles. The summed E-state index contributed by atoms with van der Waals surface area (Å²) in [6.07, 6.45) is 5.24. The number of ether oxygens (including phenoxy) is 1. The van der Waals surface area contributed by atoms with Gasteiger partial charge in [-0.2, -0.15) is 0 Å². The zero-order valence-electron chi connectivity index (χ0n) is 18.7. The molecule has 3 aromatic rings. The van der Waals surface area contributed by atoms with Gasteiger partial charge in [0.2, 0.25) is 0 Å². The van der Waals surface area contributed by atoms with Crippen LogP contribution in [0, 0.1) is 5.82 Å². The molecule has 1 spiro atoms. The molecule has 2 aliphatic rings. The molecule has 5 rings (SSSR count). The first kappa shape index (κ1) is 21.8. The molecule has 2 aliphatic heterocycles. The quantitative estimate of drug-likeness (QED) is 0.516. The smallest absolute Gasteiger partial charge is 0.251 e. The number of likely N-dealkylation sites (tertiary alicyclic amines) is 1. The molecule has 7 heteroatoms. The predicted octanol–water partition coefficient (Wildman–Crippen LogP) is 5.28. The minimum atomic E-state index is -0.405. The number of anilines is 1. The van der Waals surface area contributed by atoms with Crippen molar-refractivity contribution < 1.29 is 13.9 Å². The highest BCUT2D eigenvalue weighted by Gasteiger charge is 2.46. The zero-order chi connectivity index (χ0) is 23.0. The molecule has 2 aromatic carbocycles. The topological polar surface area (TPSA) is 45.7 Å². The van der Waals surface area contributed by atoms with E-state index in [4.69, 9.17) is 9.72 Å². The third kappa shape index (κ3) is 4.18. The summed E-state index contributed by atoms with van der Waals surface area (Å²) in [7, 11) is 1.66. The SMILES string of the molecule is COc1ccc(-c2csc(CN3CCC4(C=CC(=O)N4c4cccc(F)c4)CC3C)n2)cc1. The molecule has 0 N–H and O–H groups in total. The van der Waals surface area contributed by atoms with E-state index in [2.05, 4.69) is 17.2 Å². The number of rotatable bonds is 5. The molecule has 0 aliphatic carbocycles. The predicted molar refractivity (Wildman–Crippen MR) is 129 cm³/mol. The number of piperidine rings is 1. The van der Waals surface area contributed by atoms with Crippen LogP contribution < -0.4 is 9.64 Å². The van der Waals surface area contributed by atoms with Crippen molar-refractivity contribution in [2.75, 3.05) is 18.6 Å². The highest BCUT2D eigenvalue weighted by Crippen LogP contribution is 2.41. The van der Waals surface area contributed by atoms with Crippen molar-refractivity contribution >= 4 is 22.9 Å². The van der Waals surface area contributed by atoms with Gasteiger partial charge in [0.1, 0.15) is 16.6 Å². The van der Waals surface area contributed by atoms with E-state index in [0.29, 0.717) is 5.69 Å². The molecule has 170 valence electrons. The summed E-state index contributed by atoms with van der Waals surface area (Å²) >= 11 is 1.67. The Morgan fingerprint density at radius 2 is 2.06 bits per heavy atom. The molecule has 33 heavy (non-hydrogen) atoms. The second-order valence-electron chi connectivity index (χ2n) is 8.72. The average Bonchev–Trinajstić information content (AvgIpc) is 3.40. The Morgan fingerprint density at radius 3 is 2.79 bits per heavy atom. The fourth-order valence-electron chi connectivity index (χ4n) is 4.94. The Kier molecular flexibility index (Phi) is 5.76. The molecule has 1 saturated heterocycles. The van der Waals surface area contributed by atoms with Crippen LogP contribution in [-0.2, 0) is 11.3 Å². The van der Waals surface area contributed by atoms with Crippen LogP contribution in [0.4, 0.5) is 10.1 Å². The van der Waals surface area contributed by atoms with Gasteiger partial charge in [0, 0.05) is 35.3 Å². The first-order chi connectivity index (χ1) is 16.0. The van der Waals surface area contributed by atoms with Gasteiger partial charge in [-0.05, 0) is 62.2 Å². The Hall–Kier alpha value is -3.03. The van der Waals surface area contributed by atoms with Crippen molar-refractivity contribution in [2.45, 2.75) is 37.9 Å². The van der Waals surface area contributed by atoms with E-state index in [1.165, 1.54) is 12.1 Å². The molecule has 3 heterocycles. The lowest BCUT2D eigenvalue weighted by Gasteiger charge is -2.47. The van der Waals surface area contributed by atoms with Crippen LogP contribution in [0.3, 0.4) is 0 Å². The van der Waals surface area contributed by atoms with Gasteiger partial charge >= 0.3 is 0 Å². The molecule has 2 unspecified atom stereocenters. The van der Waals surface area contributed by atoms with Crippen molar-refractivity contribution in [3.05, 3.63) is 76.9 Å². The highest BCUT2D eigenvalue weighted by atomic mass is 32.1. The lowest BCUT2D eigenvalue weighted by molar-refractivity contribution is -0.114. The monoisotopic (exact) mass is 463 g/mol. The average molecular weight is 464 g/mol. The third-order valence-electron chi connectivity index (χ3n) is 6.65. The maximum Gasteiger partial charge on any atom is 0.251 e. The van der Waals surface area contributed by atoms with Gasteiger partial charge in [0.15, 0.2) is 0 Å². The number of benzene rings is 2. The molecular formula is C26H26FN3O2S. The number of amides is 1. The standard InChI is InChI=1S/C26H26FN3O2S/c1-18-15-26(11-10-25(31)30(26)21-5-3-4-20(27)14-21)12-13-29(18)16-24-28-23(17-33-24)19-6-8-22(32-2)9-7-19/h3-11,14,17-18H,12-13,15-16H2,1-2H3. The normalized spacial score (nSPS) is 22.9. The molecule has 2 atom stereocenters. The molecule has 0 radical (unpaired) electrons. The Balaban J connectivity index is 1.29. The minimum absolute atomic E-state index is 0.0784. The van der Waals surface area contributed by atoms with Crippen LogP contribution in [0.5, 0.6) is 5.75 Å². The van der Waals surface area contributed by atoms with E-state index in [0.717, 1.165) is 47.9 Å². The first-order valence-corrected chi connectivity index (χ1v) is 12.0. The van der Waals surface area contributed by atoms with Crippen LogP contribution >= 0.6 is 11.3 Å². The van der Waals surface area contributed by atoms with E-state index in [-0.39, 0.29) is 17.8 Å². The van der Waals surface area contributed by atoms with Crippen LogP contribution in [-0.4, -0.2) is 41.0 Å². The molecule has 1 fully saturated rings. The number of methoxy groups -OCH3 is 1. The van der Waals surface area contributed by atoms with E-state index in [1.54, 1.807) is 35.5 Å². The maximum atomic E-state index is 13.9. The second kappa shape index (κ2) is 8.72. The Bertz CT molecular complexity index is 1190. The summed E-state index contributed by atoms with van der Waals surface area (Å²) in [6.45, 7) is 3.80. The van der Waals surface area contributed by atoms with E-state index >= 15 is 0 Å². The van der Waals surface area contributed by atoms with Crippen LogP contribution in [0.15, 0.2) is 66.1 Å². The number of halogens is 1. The maximum absolute atomic E-state index is 13.9. The third-order valence-corrected chi connectivity index (χ3v) is 7.48. The van der Waals surface area contributed by atoms with Gasteiger partial charge in [-0.1, -0.05) is 12.1 Å². The fourth-order valence-corrected chi connectivity index (χ4v) is 5.76. The molecule has 5 nitrogen and oxygen atoms in total. The first-order valence-electron chi connectivity index (χ1n) is 11.1. The van der Waals surface area contributed by atoms with Crippen molar-refractivity contribution in [1.82, 2.24) is 9.88 Å². The van der Waals surface area contributed by atoms with Crippen LogP contribution in [0.25, 0.3) is 11.3 Å². The summed E-state index contributed by atoms with van der Waals surface area (Å²) in [6, 6.07) is 14.5. The number of carbonyl (C=O) groups is 1. The van der Waals surface area contributed by atoms with Crippen LogP contribution in [0.1, 0.15) is 24.8 Å².